The molecule has 0 aliphatic carbocycles. The number of hydrogen-bond donors (Lipinski definition) is 1. The first-order chi connectivity index (χ1) is 6.29. The van der Waals surface area contributed by atoms with Gasteiger partial charge in [0.1, 0.15) is 0 Å². The van der Waals surface area contributed by atoms with Gasteiger partial charge in [0.25, 0.3) is 0 Å². The van der Waals surface area contributed by atoms with Crippen LogP contribution in [0.5, 0.6) is 0 Å². The summed E-state index contributed by atoms with van der Waals surface area (Å²) in [7, 11) is 0. The van der Waals surface area contributed by atoms with Crippen LogP contribution in [0.2, 0.25) is 0 Å². The van der Waals surface area contributed by atoms with Gasteiger partial charge >= 0.3 is 29.9 Å². The van der Waals surface area contributed by atoms with Gasteiger partial charge in [-0.2, -0.15) is 0 Å². The van der Waals surface area contributed by atoms with Gasteiger partial charge in [-0.3, -0.25) is 0 Å². The Morgan fingerprint density at radius 3 is 2.36 bits per heavy atom. The third-order valence-corrected chi connectivity index (χ3v) is 2.02. The Morgan fingerprint density at radius 1 is 1.00 bits per heavy atom. The Bertz CT molecular complexity index is 460. The van der Waals surface area contributed by atoms with Crippen LogP contribution in [-0.4, -0.2) is 35.0 Å². The zero-order valence-electron chi connectivity index (χ0n) is 6.90. The Hall–Kier alpha value is -1.03. The van der Waals surface area contributed by atoms with Gasteiger partial charge in [-0.1, -0.05) is 36.4 Å². The van der Waals surface area contributed by atoms with Gasteiger partial charge in [0.05, 0.1) is 5.56 Å². The molecule has 0 amide bonds. The molecule has 14 heavy (non-hydrogen) atoms. The van der Waals surface area contributed by atoms with Crippen molar-refractivity contribution in [1.29, 1.82) is 0 Å². The number of carboxylic acid groups (broad SMARTS) is 1. The van der Waals surface area contributed by atoms with Crippen LogP contribution in [0.3, 0.4) is 0 Å². The van der Waals surface area contributed by atoms with Gasteiger partial charge in [-0.15, -0.1) is 0 Å². The average Bonchev–Trinajstić information content (AvgIpc) is 2.17. The number of carboxylic acids is 1. The first kappa shape index (κ1) is 11.0. The van der Waals surface area contributed by atoms with Gasteiger partial charge in [-0.25, -0.2) is 4.79 Å². The summed E-state index contributed by atoms with van der Waals surface area (Å²) in [4.78, 5) is 10.8. The molecule has 0 bridgehead atoms. The van der Waals surface area contributed by atoms with E-state index in [1.165, 1.54) is 0 Å². The fraction of sp³-hybridized carbons (Fsp3) is 0. The average molecular weight is 295 g/mol. The van der Waals surface area contributed by atoms with Crippen LogP contribution in [0.4, 0.5) is 0 Å². The van der Waals surface area contributed by atoms with Crippen molar-refractivity contribution in [2.45, 2.75) is 0 Å². The van der Waals surface area contributed by atoms with Crippen LogP contribution in [0, 0.1) is 0 Å². The minimum atomic E-state index is -0.878. The van der Waals surface area contributed by atoms with Crippen molar-refractivity contribution in [3.05, 3.63) is 48.0 Å². The number of carbonyl (C=O) groups is 1. The van der Waals surface area contributed by atoms with Crippen molar-refractivity contribution < 1.29 is 9.90 Å². The van der Waals surface area contributed by atoms with E-state index in [0.29, 0.717) is 5.56 Å². The molecule has 0 spiro atoms. The number of fused-ring (bicyclic) bond motifs is 1. The molecular weight excluding hydrogens is 283 g/mol. The second-order valence-corrected chi connectivity index (χ2v) is 2.83. The van der Waals surface area contributed by atoms with Gasteiger partial charge in [0.2, 0.25) is 0 Å². The third-order valence-electron chi connectivity index (χ3n) is 2.02. The molecule has 1 N–H and O–H groups in total. The summed E-state index contributed by atoms with van der Waals surface area (Å²) < 4.78 is 0. The van der Waals surface area contributed by atoms with E-state index in [2.05, 4.69) is 0 Å². The summed E-state index contributed by atoms with van der Waals surface area (Å²) in [5.41, 5.74) is 0.359. The number of benzene rings is 2. The van der Waals surface area contributed by atoms with Crippen molar-refractivity contribution in [2.24, 2.45) is 0 Å². The maximum absolute atomic E-state index is 10.8. The first-order valence-electron chi connectivity index (χ1n) is 4.00. The van der Waals surface area contributed by atoms with Crippen molar-refractivity contribution in [1.82, 2.24) is 0 Å². The molecule has 2 nitrogen and oxygen atoms in total. The topological polar surface area (TPSA) is 37.3 Å². The molecule has 0 saturated carbocycles. The van der Waals surface area contributed by atoms with Crippen molar-refractivity contribution in [2.75, 3.05) is 0 Å². The second-order valence-electron chi connectivity index (χ2n) is 2.83. The van der Waals surface area contributed by atoms with Gasteiger partial charge in [0.15, 0.2) is 0 Å². The summed E-state index contributed by atoms with van der Waals surface area (Å²) in [6.45, 7) is 0. The van der Waals surface area contributed by atoms with Crippen molar-refractivity contribution in [3.63, 3.8) is 0 Å². The summed E-state index contributed by atoms with van der Waals surface area (Å²) in [5.74, 6) is -0.878. The molecule has 0 radical (unpaired) electrons. The van der Waals surface area contributed by atoms with Crippen LogP contribution < -0.4 is 0 Å². The van der Waals surface area contributed by atoms with E-state index in [1.807, 2.05) is 30.3 Å². The van der Waals surface area contributed by atoms with Crippen LogP contribution in [-0.2, 0) is 0 Å². The minimum absolute atomic E-state index is 0. The normalized spacial score (nSPS) is 9.43. The standard InChI is InChI=1S/C11H8O2.Sn.4H/c12-11(13)10-7-3-5-8-4-1-2-6-9(8)10;;;;;/h1-7H,(H,12,13);;;;;. The molecule has 2 aromatic rings. The van der Waals surface area contributed by atoms with E-state index < -0.39 is 5.97 Å². The Balaban J connectivity index is 0.000000980. The van der Waals surface area contributed by atoms with Crippen molar-refractivity contribution in [3.8, 4) is 0 Å². The van der Waals surface area contributed by atoms with E-state index in [1.54, 1.807) is 12.1 Å². The fourth-order valence-electron chi connectivity index (χ4n) is 1.41. The van der Waals surface area contributed by atoms with Gasteiger partial charge in [0, 0.05) is 0 Å². The Morgan fingerprint density at radius 2 is 1.64 bits per heavy atom. The van der Waals surface area contributed by atoms with Crippen LogP contribution in [0.1, 0.15) is 10.4 Å². The SMILES string of the molecule is O=C(O)c1cccc2ccccc12.[SnH4]. The van der Waals surface area contributed by atoms with Gasteiger partial charge in [-0.05, 0) is 16.8 Å². The van der Waals surface area contributed by atoms with E-state index in [-0.39, 0.29) is 23.9 Å². The predicted molar refractivity (Wildman–Crippen MR) is 62.2 cm³/mol. The first-order valence-corrected chi connectivity index (χ1v) is 4.00. The van der Waals surface area contributed by atoms with E-state index in [9.17, 15) is 4.79 Å². The summed E-state index contributed by atoms with van der Waals surface area (Å²) >= 11 is 0. The molecule has 0 aliphatic heterocycles. The zero-order chi connectivity index (χ0) is 9.26. The summed E-state index contributed by atoms with van der Waals surface area (Å²) in [6.07, 6.45) is 0. The van der Waals surface area contributed by atoms with E-state index in [0.717, 1.165) is 10.8 Å². The van der Waals surface area contributed by atoms with Crippen LogP contribution in [0.25, 0.3) is 10.8 Å². The molecule has 72 valence electrons. The molecule has 0 aromatic heterocycles. The molecule has 2 aromatic carbocycles. The fourth-order valence-corrected chi connectivity index (χ4v) is 1.41. The molecule has 0 aliphatic rings. The Labute approximate surface area is 98.5 Å². The summed E-state index contributed by atoms with van der Waals surface area (Å²) in [6, 6.07) is 12.7. The molecule has 2 rings (SSSR count). The number of rotatable bonds is 1. The van der Waals surface area contributed by atoms with Crippen LogP contribution in [0.15, 0.2) is 42.5 Å². The monoisotopic (exact) mass is 296 g/mol. The Kier molecular flexibility index (Phi) is 3.52. The molecule has 0 atom stereocenters. The molecule has 0 unspecified atom stereocenters. The van der Waals surface area contributed by atoms with E-state index in [4.69, 9.17) is 5.11 Å². The molecule has 3 heteroatoms. The maximum atomic E-state index is 10.8. The van der Waals surface area contributed by atoms with Gasteiger partial charge < -0.3 is 5.11 Å². The molecule has 0 heterocycles. The zero-order valence-corrected chi connectivity index (χ0v) is 6.90. The molecular formula is C11H12O2Sn. The third kappa shape index (κ3) is 1.90. The van der Waals surface area contributed by atoms with E-state index >= 15 is 0 Å². The predicted octanol–water partition coefficient (Wildman–Crippen LogP) is 1.09. The second kappa shape index (κ2) is 4.46. The summed E-state index contributed by atoms with van der Waals surface area (Å²) in [5, 5.41) is 10.6. The van der Waals surface area contributed by atoms with Crippen LogP contribution >= 0.6 is 0 Å². The quantitative estimate of drug-likeness (QED) is 0.800. The van der Waals surface area contributed by atoms with Crippen molar-refractivity contribution >= 4 is 40.6 Å². The molecule has 0 saturated heterocycles. The molecule has 0 fully saturated rings. The number of hydrogen-bond acceptors (Lipinski definition) is 1. The number of aromatic carboxylic acids is 1.